The molecule has 0 saturated heterocycles. The summed E-state index contributed by atoms with van der Waals surface area (Å²) in [6.45, 7) is 24.3. The predicted octanol–water partition coefficient (Wildman–Crippen LogP) is 1.02. The minimum Gasteiger partial charge on any atom is -0.512 e. The molecule has 100 valence electrons. The van der Waals surface area contributed by atoms with E-state index in [0.717, 1.165) is 5.56 Å². The second-order valence-electron chi connectivity index (χ2n) is 1.56. The smallest absolute Gasteiger partial charge is 0.0271 e. The maximum atomic E-state index is 6.25. The van der Waals surface area contributed by atoms with Crippen LogP contribution in [0.25, 0.3) is 0 Å². The van der Waals surface area contributed by atoms with Crippen molar-refractivity contribution in [3.05, 3.63) is 63.0 Å². The van der Waals surface area contributed by atoms with Gasteiger partial charge in [0.2, 0.25) is 0 Å². The standard InChI is InChI=1S/C6H8N2.5CN.Os/c7-5-6-1-3-8-4-2-6;5*1-2;/h1-4H,5,7H2;;;;;;/q;5*-1;. The Morgan fingerprint density at radius 1 is 0.789 bits per heavy atom. The number of nitrogens with two attached hydrogens (primary N) is 1. The van der Waals surface area contributed by atoms with Crippen LogP contribution < -0.4 is 5.73 Å². The maximum absolute atomic E-state index is 6.25. The van der Waals surface area contributed by atoms with E-state index in [9.17, 15) is 0 Å². The number of rotatable bonds is 1. The Morgan fingerprint density at radius 2 is 1.05 bits per heavy atom. The molecule has 0 unspecified atom stereocenters. The van der Waals surface area contributed by atoms with Gasteiger partial charge in [-0.3, -0.25) is 4.98 Å². The summed E-state index contributed by atoms with van der Waals surface area (Å²) in [5.41, 5.74) is 6.45. The Labute approximate surface area is 126 Å². The molecule has 19 heavy (non-hydrogen) atoms. The van der Waals surface area contributed by atoms with Crippen molar-refractivity contribution in [3.63, 3.8) is 0 Å². The van der Waals surface area contributed by atoms with Crippen LogP contribution in [-0.4, -0.2) is 4.98 Å². The van der Waals surface area contributed by atoms with Gasteiger partial charge < -0.3 is 64.9 Å². The van der Waals surface area contributed by atoms with Crippen LogP contribution in [0.1, 0.15) is 5.56 Å². The average Bonchev–Trinajstić information content (AvgIpc) is 2.57. The van der Waals surface area contributed by atoms with Crippen LogP contribution in [0.4, 0.5) is 0 Å². The van der Waals surface area contributed by atoms with Crippen molar-refractivity contribution in [2.75, 3.05) is 0 Å². The molecule has 0 amide bonds. The SMILES string of the molecule is NCc1ccncc1.[C-]#N.[C-]#N.[C-]#N.[C-]#N.[C-]#N.[Os]. The first kappa shape index (κ1) is 36.0. The maximum Gasteiger partial charge on any atom is 0.0271 e. The zero-order chi connectivity index (χ0) is 15.8. The molecule has 0 radical (unpaired) electrons. The normalized spacial score (nSPS) is 4.37. The van der Waals surface area contributed by atoms with E-state index >= 15 is 0 Å². The topological polar surface area (TPSA) is 158 Å². The van der Waals surface area contributed by atoms with E-state index in [1.54, 1.807) is 12.4 Å². The van der Waals surface area contributed by atoms with Crippen molar-refractivity contribution in [1.29, 1.82) is 26.3 Å². The average molecular weight is 428 g/mol. The largest absolute Gasteiger partial charge is 0.512 e. The Balaban J connectivity index is -0.0000000332. The molecule has 0 aliphatic carbocycles. The second-order valence-corrected chi connectivity index (χ2v) is 1.56. The minimum atomic E-state index is 0. The first-order valence-corrected chi connectivity index (χ1v) is 3.64. The van der Waals surface area contributed by atoms with Crippen molar-refractivity contribution in [2.45, 2.75) is 6.54 Å². The Morgan fingerprint density at radius 3 is 1.21 bits per heavy atom. The molecule has 1 aromatic heterocycles. The summed E-state index contributed by atoms with van der Waals surface area (Å²) < 4.78 is 0. The van der Waals surface area contributed by atoms with Crippen LogP contribution in [0.5, 0.6) is 0 Å². The molecule has 0 aliphatic heterocycles. The van der Waals surface area contributed by atoms with Crippen LogP contribution in [0.3, 0.4) is 0 Å². The Kier molecular flexibility index (Phi) is 151. The van der Waals surface area contributed by atoms with Gasteiger partial charge >= 0.3 is 0 Å². The van der Waals surface area contributed by atoms with Gasteiger partial charge in [-0.15, -0.1) is 0 Å². The fourth-order valence-corrected chi connectivity index (χ4v) is 0.519. The second kappa shape index (κ2) is 79.8. The molecule has 1 aromatic rings. The van der Waals surface area contributed by atoms with Crippen LogP contribution in [-0.2, 0) is 26.3 Å². The molecular formula is C11H8N7Os-5. The molecule has 0 aliphatic rings. The third-order valence-electron chi connectivity index (χ3n) is 0.985. The first-order valence-electron chi connectivity index (χ1n) is 3.64. The van der Waals surface area contributed by atoms with E-state index in [0.29, 0.717) is 6.54 Å². The summed E-state index contributed by atoms with van der Waals surface area (Å²) in [4.78, 5) is 3.84. The van der Waals surface area contributed by atoms with Gasteiger partial charge in [-0.2, -0.15) is 0 Å². The van der Waals surface area contributed by atoms with Gasteiger partial charge in [0.05, 0.1) is 0 Å². The van der Waals surface area contributed by atoms with Gasteiger partial charge in [0.1, 0.15) is 0 Å². The molecule has 2 N–H and O–H groups in total. The fraction of sp³-hybridized carbons (Fsp3) is 0.0909. The predicted molar refractivity (Wildman–Crippen MR) is 57.0 cm³/mol. The molecule has 0 atom stereocenters. The van der Waals surface area contributed by atoms with Gasteiger partial charge in [-0.05, 0) is 17.7 Å². The number of aromatic nitrogens is 1. The quantitative estimate of drug-likeness (QED) is 0.654. The Hall–Kier alpha value is -2.80. The number of hydrogen-bond donors (Lipinski definition) is 1. The molecule has 0 fully saturated rings. The molecule has 1 rings (SSSR count). The minimum absolute atomic E-state index is 0. The third-order valence-corrected chi connectivity index (χ3v) is 0.985. The van der Waals surface area contributed by atoms with E-state index < -0.39 is 0 Å². The van der Waals surface area contributed by atoms with Crippen molar-refractivity contribution in [3.8, 4) is 0 Å². The van der Waals surface area contributed by atoms with Crippen LogP contribution >= 0.6 is 0 Å². The molecule has 0 aromatic carbocycles. The molecule has 1 heterocycles. The van der Waals surface area contributed by atoms with Crippen molar-refractivity contribution in [1.82, 2.24) is 4.98 Å². The summed E-state index contributed by atoms with van der Waals surface area (Å²) in [7, 11) is 0. The number of hydrogen-bond acceptors (Lipinski definition) is 7. The van der Waals surface area contributed by atoms with Gasteiger partial charge in [-0.25, -0.2) is 0 Å². The van der Waals surface area contributed by atoms with Crippen LogP contribution in [0.2, 0.25) is 0 Å². The number of nitrogens with zero attached hydrogens (tertiary/aromatic N) is 6. The number of pyridine rings is 1. The zero-order valence-corrected chi connectivity index (χ0v) is 12.2. The van der Waals surface area contributed by atoms with Crippen molar-refractivity contribution < 1.29 is 19.8 Å². The van der Waals surface area contributed by atoms with E-state index in [1.807, 2.05) is 12.1 Å². The van der Waals surface area contributed by atoms with E-state index in [-0.39, 0.29) is 19.8 Å². The summed E-state index contributed by atoms with van der Waals surface area (Å²) in [6, 6.07) is 3.81. The fourth-order valence-electron chi connectivity index (χ4n) is 0.519. The Bertz CT molecular complexity index is 292. The first-order chi connectivity index (χ1) is 8.93. The molecule has 0 bridgehead atoms. The zero-order valence-electron chi connectivity index (χ0n) is 9.63. The van der Waals surface area contributed by atoms with Crippen LogP contribution in [0, 0.1) is 59.2 Å². The van der Waals surface area contributed by atoms with E-state index in [4.69, 9.17) is 64.9 Å². The van der Waals surface area contributed by atoms with Gasteiger partial charge in [0.25, 0.3) is 0 Å². The third kappa shape index (κ3) is 51.1. The van der Waals surface area contributed by atoms with Gasteiger partial charge in [0.15, 0.2) is 0 Å². The molecular weight excluding hydrogens is 420 g/mol. The molecule has 7 nitrogen and oxygen atoms in total. The van der Waals surface area contributed by atoms with Crippen LogP contribution in [0.15, 0.2) is 24.5 Å². The van der Waals surface area contributed by atoms with Crippen molar-refractivity contribution >= 4 is 0 Å². The molecule has 0 saturated carbocycles. The van der Waals surface area contributed by atoms with E-state index in [2.05, 4.69) is 4.98 Å². The summed E-state index contributed by atoms with van der Waals surface area (Å²) in [5.74, 6) is 0. The summed E-state index contributed by atoms with van der Waals surface area (Å²) >= 11 is 0. The monoisotopic (exact) mass is 430 g/mol. The molecule has 8 heteroatoms. The summed E-state index contributed by atoms with van der Waals surface area (Å²) in [6.07, 6.45) is 3.48. The summed E-state index contributed by atoms with van der Waals surface area (Å²) in [5, 5.41) is 31.2. The van der Waals surface area contributed by atoms with E-state index in [1.165, 1.54) is 0 Å². The van der Waals surface area contributed by atoms with Gasteiger partial charge in [-0.1, -0.05) is 0 Å². The molecule has 0 spiro atoms. The van der Waals surface area contributed by atoms with Crippen molar-refractivity contribution in [2.24, 2.45) is 5.73 Å². The van der Waals surface area contributed by atoms with Gasteiger partial charge in [0, 0.05) is 38.7 Å².